The van der Waals surface area contributed by atoms with Gasteiger partial charge in [0.1, 0.15) is 5.75 Å². The molecule has 0 saturated carbocycles. The third-order valence-electron chi connectivity index (χ3n) is 1.58. The summed E-state index contributed by atoms with van der Waals surface area (Å²) in [6, 6.07) is 6.48. The third kappa shape index (κ3) is 3.87. The van der Waals surface area contributed by atoms with Crippen molar-refractivity contribution in [2.24, 2.45) is 4.99 Å². The van der Waals surface area contributed by atoms with Gasteiger partial charge in [0.15, 0.2) is 6.23 Å². The minimum atomic E-state index is -1.87. The summed E-state index contributed by atoms with van der Waals surface area (Å²) in [7, 11) is 0. The summed E-state index contributed by atoms with van der Waals surface area (Å²) >= 11 is 16.2. The summed E-state index contributed by atoms with van der Waals surface area (Å²) in [5, 5.41) is 18.6. The van der Waals surface area contributed by atoms with Gasteiger partial charge in [-0.15, -0.1) is 0 Å². The molecule has 0 aliphatic carbocycles. The molecule has 0 aliphatic rings. The van der Waals surface area contributed by atoms with Gasteiger partial charge in [0, 0.05) is 11.8 Å². The Balaban J connectivity index is 2.79. The number of aromatic hydroxyl groups is 1. The number of aliphatic hydroxyl groups excluding tert-OH is 1. The monoisotopic (exact) mass is 267 g/mol. The Hall–Kier alpha value is -0.480. The van der Waals surface area contributed by atoms with Gasteiger partial charge in [0.25, 0.3) is 0 Å². The fourth-order valence-corrected chi connectivity index (χ4v) is 1.00. The zero-order valence-electron chi connectivity index (χ0n) is 7.44. The average Bonchev–Trinajstić information content (AvgIpc) is 2.14. The molecular formula is C9H8Cl3NO2. The van der Waals surface area contributed by atoms with E-state index in [1.165, 1.54) is 12.3 Å². The van der Waals surface area contributed by atoms with E-state index in [1.807, 2.05) is 0 Å². The molecule has 0 spiro atoms. The second-order valence-corrected chi connectivity index (χ2v) is 5.12. The van der Waals surface area contributed by atoms with Crippen LogP contribution < -0.4 is 0 Å². The van der Waals surface area contributed by atoms with Crippen molar-refractivity contribution in [1.82, 2.24) is 0 Å². The Morgan fingerprint density at radius 1 is 1.27 bits per heavy atom. The van der Waals surface area contributed by atoms with Gasteiger partial charge in [-0.25, -0.2) is 0 Å². The van der Waals surface area contributed by atoms with Gasteiger partial charge in [-0.2, -0.15) is 0 Å². The van der Waals surface area contributed by atoms with Crippen LogP contribution in [0, 0.1) is 0 Å². The molecule has 1 rings (SSSR count). The van der Waals surface area contributed by atoms with Crippen LogP contribution in [0.15, 0.2) is 29.3 Å². The van der Waals surface area contributed by atoms with Gasteiger partial charge in [-0.05, 0) is 12.1 Å². The molecular weight excluding hydrogens is 260 g/mol. The summed E-state index contributed by atoms with van der Waals surface area (Å²) in [5.41, 5.74) is 0.436. The van der Waals surface area contributed by atoms with E-state index in [2.05, 4.69) is 4.99 Å². The Morgan fingerprint density at radius 3 is 2.40 bits per heavy atom. The topological polar surface area (TPSA) is 52.8 Å². The average molecular weight is 269 g/mol. The van der Waals surface area contributed by atoms with E-state index in [9.17, 15) is 10.2 Å². The smallest absolute Gasteiger partial charge is 0.236 e. The Morgan fingerprint density at radius 2 is 1.87 bits per heavy atom. The maximum Gasteiger partial charge on any atom is 0.236 e. The Kier molecular flexibility index (Phi) is 4.22. The van der Waals surface area contributed by atoms with E-state index < -0.39 is 10.0 Å². The quantitative estimate of drug-likeness (QED) is 0.639. The van der Waals surface area contributed by atoms with E-state index in [-0.39, 0.29) is 5.75 Å². The molecule has 0 amide bonds. The molecule has 2 N–H and O–H groups in total. The van der Waals surface area contributed by atoms with Crippen molar-refractivity contribution in [2.75, 3.05) is 0 Å². The molecule has 6 heteroatoms. The second kappa shape index (κ2) is 5.03. The van der Waals surface area contributed by atoms with E-state index in [1.54, 1.807) is 18.2 Å². The highest BCUT2D eigenvalue weighted by Crippen LogP contribution is 2.30. The van der Waals surface area contributed by atoms with Gasteiger partial charge in [0.05, 0.1) is 0 Å². The van der Waals surface area contributed by atoms with Crippen molar-refractivity contribution in [2.45, 2.75) is 10.0 Å². The summed E-state index contributed by atoms with van der Waals surface area (Å²) < 4.78 is -1.87. The lowest BCUT2D eigenvalue weighted by Gasteiger charge is -2.13. The number of benzene rings is 1. The maximum atomic E-state index is 9.35. The molecule has 0 saturated heterocycles. The summed E-state index contributed by atoms with van der Waals surface area (Å²) in [6.45, 7) is 0. The highest BCUT2D eigenvalue weighted by Gasteiger charge is 2.29. The molecule has 1 aromatic rings. The minimum absolute atomic E-state index is 0.0396. The summed E-state index contributed by atoms with van der Waals surface area (Å²) in [5.74, 6) is 0.0396. The van der Waals surface area contributed by atoms with Crippen LogP contribution in [-0.4, -0.2) is 26.4 Å². The number of nitrogens with zero attached hydrogens (tertiary/aromatic N) is 1. The van der Waals surface area contributed by atoms with Crippen LogP contribution in [-0.2, 0) is 0 Å². The number of para-hydroxylation sites is 1. The number of hydrogen-bond acceptors (Lipinski definition) is 3. The zero-order valence-corrected chi connectivity index (χ0v) is 9.71. The van der Waals surface area contributed by atoms with Gasteiger partial charge in [0.2, 0.25) is 3.79 Å². The lowest BCUT2D eigenvalue weighted by Crippen LogP contribution is -2.22. The minimum Gasteiger partial charge on any atom is -0.507 e. The summed E-state index contributed by atoms with van der Waals surface area (Å²) in [6.07, 6.45) is -0.232. The molecule has 1 atom stereocenters. The first kappa shape index (κ1) is 12.6. The third-order valence-corrected chi connectivity index (χ3v) is 2.17. The van der Waals surface area contributed by atoms with Crippen LogP contribution in [0.3, 0.4) is 0 Å². The van der Waals surface area contributed by atoms with Crippen LogP contribution >= 0.6 is 34.8 Å². The molecule has 15 heavy (non-hydrogen) atoms. The Bertz CT molecular complexity index is 363. The molecule has 1 aromatic carbocycles. The first-order valence-corrected chi connectivity index (χ1v) is 5.10. The van der Waals surface area contributed by atoms with Crippen molar-refractivity contribution in [3.05, 3.63) is 29.8 Å². The molecule has 3 nitrogen and oxygen atoms in total. The van der Waals surface area contributed by atoms with E-state index in [4.69, 9.17) is 34.8 Å². The first-order chi connectivity index (χ1) is 6.91. The molecule has 0 aliphatic heterocycles. The molecule has 0 radical (unpaired) electrons. The number of phenols is 1. The second-order valence-electron chi connectivity index (χ2n) is 2.75. The standard InChI is InChI=1S/C9H8Cl3NO2/c10-9(11,12)8(15)13-5-6-3-1-2-4-7(6)14/h1-5,8,14-15H/t8-/m1/s1. The summed E-state index contributed by atoms with van der Waals surface area (Å²) in [4.78, 5) is 3.60. The first-order valence-electron chi connectivity index (χ1n) is 3.97. The highest BCUT2D eigenvalue weighted by molar-refractivity contribution is 6.68. The largest absolute Gasteiger partial charge is 0.507 e. The normalized spacial score (nSPS) is 14.4. The van der Waals surface area contributed by atoms with Crippen molar-refractivity contribution in [3.63, 3.8) is 0 Å². The van der Waals surface area contributed by atoms with Gasteiger partial charge < -0.3 is 10.2 Å². The molecule has 0 unspecified atom stereocenters. The predicted molar refractivity (Wildman–Crippen MR) is 62.0 cm³/mol. The predicted octanol–water partition coefficient (Wildman–Crippen LogP) is 2.50. The van der Waals surface area contributed by atoms with Gasteiger partial charge in [-0.3, -0.25) is 4.99 Å². The molecule has 0 bridgehead atoms. The molecule has 0 aromatic heterocycles. The number of aliphatic hydroxyl groups is 1. The van der Waals surface area contributed by atoms with Crippen molar-refractivity contribution in [1.29, 1.82) is 0 Å². The maximum absolute atomic E-state index is 9.35. The fourth-order valence-electron chi connectivity index (χ4n) is 0.832. The number of aliphatic imine (C=N–C) groups is 1. The number of alkyl halides is 3. The van der Waals surface area contributed by atoms with Crippen LogP contribution in [0.25, 0.3) is 0 Å². The lowest BCUT2D eigenvalue weighted by molar-refractivity contribution is 0.190. The van der Waals surface area contributed by atoms with Crippen LogP contribution in [0.1, 0.15) is 5.56 Å². The lowest BCUT2D eigenvalue weighted by atomic mass is 10.2. The van der Waals surface area contributed by atoms with Gasteiger partial charge >= 0.3 is 0 Å². The Labute approximate surface area is 102 Å². The van der Waals surface area contributed by atoms with E-state index in [0.29, 0.717) is 5.56 Å². The van der Waals surface area contributed by atoms with Crippen molar-refractivity contribution in [3.8, 4) is 5.75 Å². The SMILES string of the molecule is Oc1ccccc1C=N[C@H](O)C(Cl)(Cl)Cl. The number of rotatable bonds is 2. The van der Waals surface area contributed by atoms with E-state index >= 15 is 0 Å². The number of hydrogen-bond donors (Lipinski definition) is 2. The van der Waals surface area contributed by atoms with Crippen LogP contribution in [0.2, 0.25) is 0 Å². The fraction of sp³-hybridized carbons (Fsp3) is 0.222. The van der Waals surface area contributed by atoms with Crippen LogP contribution in [0.4, 0.5) is 0 Å². The highest BCUT2D eigenvalue weighted by atomic mass is 35.6. The number of phenolic OH excluding ortho intramolecular Hbond substituents is 1. The van der Waals surface area contributed by atoms with Gasteiger partial charge in [-0.1, -0.05) is 46.9 Å². The number of halogens is 3. The molecule has 0 fully saturated rings. The molecule has 0 heterocycles. The van der Waals surface area contributed by atoms with Crippen molar-refractivity contribution < 1.29 is 10.2 Å². The zero-order chi connectivity index (χ0) is 11.5. The van der Waals surface area contributed by atoms with Crippen LogP contribution in [0.5, 0.6) is 5.75 Å². The van der Waals surface area contributed by atoms with Crippen molar-refractivity contribution >= 4 is 41.0 Å². The molecule has 82 valence electrons. The van der Waals surface area contributed by atoms with E-state index in [0.717, 1.165) is 0 Å².